The van der Waals surface area contributed by atoms with Crippen molar-refractivity contribution in [3.05, 3.63) is 80.9 Å². The van der Waals surface area contributed by atoms with Gasteiger partial charge >= 0.3 is 5.97 Å². The SMILES string of the molecule is CCOC(=O)c1nn(-c2ccc([N+](=O)[O-])cc2)cc1OCC(=O)N(C)Cc1c(F)cccc1Cl. The van der Waals surface area contributed by atoms with Gasteiger partial charge in [0.25, 0.3) is 11.6 Å². The monoisotopic (exact) mass is 490 g/mol. The molecule has 10 nitrogen and oxygen atoms in total. The van der Waals surface area contributed by atoms with Gasteiger partial charge in [-0.15, -0.1) is 0 Å². The second-order valence-corrected chi connectivity index (χ2v) is 7.43. The molecule has 0 fully saturated rings. The second kappa shape index (κ2) is 10.8. The molecule has 0 aliphatic rings. The molecule has 0 bridgehead atoms. The van der Waals surface area contributed by atoms with Gasteiger partial charge in [0.15, 0.2) is 12.4 Å². The second-order valence-electron chi connectivity index (χ2n) is 7.02. The maximum Gasteiger partial charge on any atom is 0.362 e. The fourth-order valence-electron chi connectivity index (χ4n) is 2.92. The standard InChI is InChI=1S/C22H20ClFN4O6/c1-3-33-22(30)21-19(12-27(25-21)14-7-9-15(10-8-14)28(31)32)34-13-20(29)26(2)11-16-17(23)5-4-6-18(16)24/h4-10,12H,3,11,13H2,1-2H3. The molecule has 0 spiro atoms. The molecule has 34 heavy (non-hydrogen) atoms. The lowest BCUT2D eigenvalue weighted by atomic mass is 10.2. The van der Waals surface area contributed by atoms with Crippen molar-refractivity contribution >= 4 is 29.2 Å². The van der Waals surface area contributed by atoms with Crippen LogP contribution in [0.4, 0.5) is 10.1 Å². The molecule has 1 heterocycles. The van der Waals surface area contributed by atoms with E-state index in [0.717, 1.165) is 0 Å². The lowest BCUT2D eigenvalue weighted by molar-refractivity contribution is -0.384. The van der Waals surface area contributed by atoms with Crippen molar-refractivity contribution in [2.75, 3.05) is 20.3 Å². The molecule has 0 radical (unpaired) electrons. The van der Waals surface area contributed by atoms with E-state index in [-0.39, 0.29) is 40.9 Å². The first-order valence-corrected chi connectivity index (χ1v) is 10.4. The molecule has 3 aromatic rings. The molecule has 12 heteroatoms. The molecule has 0 aliphatic carbocycles. The zero-order chi connectivity index (χ0) is 24.8. The van der Waals surface area contributed by atoms with Crippen molar-refractivity contribution in [3.8, 4) is 11.4 Å². The number of rotatable bonds is 9. The van der Waals surface area contributed by atoms with E-state index >= 15 is 0 Å². The highest BCUT2D eigenvalue weighted by Crippen LogP contribution is 2.23. The number of non-ortho nitro benzene ring substituents is 1. The third-order valence-electron chi connectivity index (χ3n) is 4.71. The van der Waals surface area contributed by atoms with Crippen LogP contribution in [0.25, 0.3) is 5.69 Å². The summed E-state index contributed by atoms with van der Waals surface area (Å²) in [7, 11) is 1.46. The van der Waals surface area contributed by atoms with Gasteiger partial charge in [-0.05, 0) is 31.2 Å². The van der Waals surface area contributed by atoms with E-state index in [9.17, 15) is 24.1 Å². The fraction of sp³-hybridized carbons (Fsp3) is 0.227. The van der Waals surface area contributed by atoms with E-state index in [1.807, 2.05) is 0 Å². The maximum atomic E-state index is 14.0. The summed E-state index contributed by atoms with van der Waals surface area (Å²) in [5.74, 6) is -1.83. The number of hydrogen-bond donors (Lipinski definition) is 0. The smallest absolute Gasteiger partial charge is 0.362 e. The largest absolute Gasteiger partial charge is 0.480 e. The first kappa shape index (κ1) is 24.6. The Kier molecular flexibility index (Phi) is 7.79. The van der Waals surface area contributed by atoms with Crippen LogP contribution in [0.2, 0.25) is 5.02 Å². The van der Waals surface area contributed by atoms with Crippen LogP contribution in [0, 0.1) is 15.9 Å². The van der Waals surface area contributed by atoms with Crippen molar-refractivity contribution in [2.24, 2.45) is 0 Å². The van der Waals surface area contributed by atoms with E-state index in [4.69, 9.17) is 21.1 Å². The Morgan fingerprint density at radius 1 is 1.24 bits per heavy atom. The quantitative estimate of drug-likeness (QED) is 0.254. The summed E-state index contributed by atoms with van der Waals surface area (Å²) in [5, 5.41) is 15.2. The van der Waals surface area contributed by atoms with Crippen molar-refractivity contribution < 1.29 is 28.4 Å². The number of nitrogens with zero attached hydrogens (tertiary/aromatic N) is 4. The van der Waals surface area contributed by atoms with Crippen LogP contribution in [-0.4, -0.2) is 51.7 Å². The molecule has 1 amide bonds. The lowest BCUT2D eigenvalue weighted by Gasteiger charge is -2.18. The Labute approximate surface area is 198 Å². The summed E-state index contributed by atoms with van der Waals surface area (Å²) in [5.41, 5.74) is 0.302. The van der Waals surface area contributed by atoms with Gasteiger partial charge in [0, 0.05) is 36.3 Å². The number of halogens is 2. The van der Waals surface area contributed by atoms with Gasteiger partial charge in [0.05, 0.1) is 23.4 Å². The molecule has 178 valence electrons. The minimum Gasteiger partial charge on any atom is -0.480 e. The van der Waals surface area contributed by atoms with E-state index in [0.29, 0.717) is 5.69 Å². The van der Waals surface area contributed by atoms with Crippen LogP contribution in [-0.2, 0) is 16.1 Å². The lowest BCUT2D eigenvalue weighted by Crippen LogP contribution is -2.31. The highest BCUT2D eigenvalue weighted by molar-refractivity contribution is 6.31. The van der Waals surface area contributed by atoms with Crippen LogP contribution >= 0.6 is 11.6 Å². The number of hydrogen-bond acceptors (Lipinski definition) is 7. The van der Waals surface area contributed by atoms with Crippen molar-refractivity contribution in [1.29, 1.82) is 0 Å². The number of esters is 1. The van der Waals surface area contributed by atoms with Gasteiger partial charge in [-0.1, -0.05) is 17.7 Å². The summed E-state index contributed by atoms with van der Waals surface area (Å²) < 4.78 is 25.8. The Morgan fingerprint density at radius 3 is 2.56 bits per heavy atom. The van der Waals surface area contributed by atoms with Gasteiger partial charge < -0.3 is 14.4 Å². The summed E-state index contributed by atoms with van der Waals surface area (Å²) in [6, 6.07) is 9.69. The van der Waals surface area contributed by atoms with E-state index in [1.165, 1.54) is 65.3 Å². The fourth-order valence-corrected chi connectivity index (χ4v) is 3.15. The maximum absolute atomic E-state index is 14.0. The highest BCUT2D eigenvalue weighted by atomic mass is 35.5. The number of ether oxygens (including phenoxy) is 2. The van der Waals surface area contributed by atoms with E-state index < -0.39 is 29.2 Å². The van der Waals surface area contributed by atoms with E-state index in [2.05, 4.69) is 5.10 Å². The highest BCUT2D eigenvalue weighted by Gasteiger charge is 2.22. The summed E-state index contributed by atoms with van der Waals surface area (Å²) in [6.07, 6.45) is 1.36. The van der Waals surface area contributed by atoms with Crippen molar-refractivity contribution in [2.45, 2.75) is 13.5 Å². The molecule has 0 N–H and O–H groups in total. The first-order valence-electron chi connectivity index (χ1n) is 10.0. The van der Waals surface area contributed by atoms with Crippen molar-refractivity contribution in [3.63, 3.8) is 0 Å². The van der Waals surface area contributed by atoms with Gasteiger partial charge in [0.1, 0.15) is 5.82 Å². The number of nitro groups is 1. The van der Waals surface area contributed by atoms with Crippen LogP contribution < -0.4 is 4.74 Å². The molecule has 0 saturated carbocycles. The number of carbonyl (C=O) groups excluding carboxylic acids is 2. The van der Waals surface area contributed by atoms with Crippen LogP contribution in [0.1, 0.15) is 23.0 Å². The molecular formula is C22H20ClFN4O6. The predicted molar refractivity (Wildman–Crippen MR) is 120 cm³/mol. The third kappa shape index (κ3) is 5.67. The molecule has 0 unspecified atom stereocenters. The van der Waals surface area contributed by atoms with Crippen LogP contribution in [0.3, 0.4) is 0 Å². The predicted octanol–water partition coefficient (Wildman–Crippen LogP) is 3.79. The van der Waals surface area contributed by atoms with Gasteiger partial charge in [0.2, 0.25) is 5.69 Å². The number of nitro benzene ring substituents is 1. The van der Waals surface area contributed by atoms with Gasteiger partial charge in [-0.25, -0.2) is 13.9 Å². The average molecular weight is 491 g/mol. The molecule has 1 aromatic heterocycles. The number of aromatic nitrogens is 2. The first-order chi connectivity index (χ1) is 16.2. The van der Waals surface area contributed by atoms with Crippen LogP contribution in [0.5, 0.6) is 5.75 Å². The van der Waals surface area contributed by atoms with Crippen molar-refractivity contribution in [1.82, 2.24) is 14.7 Å². The van der Waals surface area contributed by atoms with Gasteiger partial charge in [-0.2, -0.15) is 5.10 Å². The number of likely N-dealkylation sites (N-methyl/N-ethyl adjacent to an activating group) is 1. The Bertz CT molecular complexity index is 1190. The normalized spacial score (nSPS) is 10.6. The zero-order valence-corrected chi connectivity index (χ0v) is 19.0. The number of amides is 1. The molecule has 0 atom stereocenters. The van der Waals surface area contributed by atoms with Crippen LogP contribution in [0.15, 0.2) is 48.7 Å². The number of benzene rings is 2. The minimum atomic E-state index is -0.767. The molecular weight excluding hydrogens is 471 g/mol. The van der Waals surface area contributed by atoms with Gasteiger partial charge in [-0.3, -0.25) is 14.9 Å². The Hall–Kier alpha value is -3.99. The molecule has 2 aromatic carbocycles. The Morgan fingerprint density at radius 2 is 1.94 bits per heavy atom. The zero-order valence-electron chi connectivity index (χ0n) is 18.2. The third-order valence-corrected chi connectivity index (χ3v) is 5.06. The average Bonchev–Trinajstić information content (AvgIpc) is 3.24. The number of carbonyl (C=O) groups is 2. The molecule has 0 aliphatic heterocycles. The topological polar surface area (TPSA) is 117 Å². The summed E-state index contributed by atoms with van der Waals surface area (Å²) >= 11 is 6.02. The minimum absolute atomic E-state index is 0.0255. The summed E-state index contributed by atoms with van der Waals surface area (Å²) in [6.45, 7) is 1.16. The molecule has 3 rings (SSSR count). The molecule has 0 saturated heterocycles. The van der Waals surface area contributed by atoms with E-state index in [1.54, 1.807) is 6.92 Å². The Balaban J connectivity index is 1.77. The summed E-state index contributed by atoms with van der Waals surface area (Å²) in [4.78, 5) is 36.4.